The molecule has 0 bridgehead atoms. The molecule has 0 atom stereocenters. The molecule has 1 aromatic rings. The summed E-state index contributed by atoms with van der Waals surface area (Å²) in [6.45, 7) is 8.70. The van der Waals surface area contributed by atoms with Gasteiger partial charge in [0.15, 0.2) is 0 Å². The van der Waals surface area contributed by atoms with Gasteiger partial charge in [0.2, 0.25) is 11.8 Å². The van der Waals surface area contributed by atoms with Gasteiger partial charge in [0.25, 0.3) is 0 Å². The number of carbonyl (C=O) groups is 2. The fourth-order valence-corrected chi connectivity index (χ4v) is 4.01. The van der Waals surface area contributed by atoms with Crippen molar-refractivity contribution in [3.8, 4) is 0 Å². The molecule has 2 aliphatic heterocycles. The second-order valence-electron chi connectivity index (χ2n) is 7.05. The van der Waals surface area contributed by atoms with Crippen LogP contribution in [0.3, 0.4) is 0 Å². The molecule has 1 aromatic carbocycles. The van der Waals surface area contributed by atoms with Crippen molar-refractivity contribution in [1.82, 2.24) is 14.7 Å². The van der Waals surface area contributed by atoms with Crippen molar-refractivity contribution in [2.75, 3.05) is 70.9 Å². The first-order valence-corrected chi connectivity index (χ1v) is 10.5. The monoisotopic (exact) mass is 486 g/mol. The third-order valence-corrected chi connectivity index (χ3v) is 5.69. The SMILES string of the molecule is Cc1cc(I)ccc1NC(=O)CN1CCN(C(=O)CN2CCOCC2)CC1. The highest BCUT2D eigenvalue weighted by Crippen LogP contribution is 2.17. The Labute approximate surface area is 174 Å². The second kappa shape index (κ2) is 9.81. The molecular weight excluding hydrogens is 459 g/mol. The second-order valence-corrected chi connectivity index (χ2v) is 8.30. The quantitative estimate of drug-likeness (QED) is 0.630. The van der Waals surface area contributed by atoms with Crippen molar-refractivity contribution in [2.24, 2.45) is 0 Å². The summed E-state index contributed by atoms with van der Waals surface area (Å²) in [5, 5.41) is 2.99. The Balaban J connectivity index is 1.40. The van der Waals surface area contributed by atoms with Crippen LogP contribution in [0.5, 0.6) is 0 Å². The number of ether oxygens (including phenoxy) is 1. The molecular formula is C19H27IN4O3. The number of morpholine rings is 1. The third kappa shape index (κ3) is 6.13. The minimum absolute atomic E-state index is 0.00704. The van der Waals surface area contributed by atoms with Gasteiger partial charge in [0.05, 0.1) is 26.3 Å². The molecule has 2 fully saturated rings. The molecule has 2 heterocycles. The van der Waals surface area contributed by atoms with Crippen LogP contribution in [-0.4, -0.2) is 92.1 Å². The number of anilines is 1. The van der Waals surface area contributed by atoms with Crippen molar-refractivity contribution in [3.63, 3.8) is 0 Å². The number of benzene rings is 1. The van der Waals surface area contributed by atoms with E-state index in [1.54, 1.807) is 0 Å². The van der Waals surface area contributed by atoms with E-state index in [9.17, 15) is 9.59 Å². The highest BCUT2D eigenvalue weighted by molar-refractivity contribution is 14.1. The number of aryl methyl sites for hydroxylation is 1. The average Bonchev–Trinajstić information content (AvgIpc) is 2.65. The van der Waals surface area contributed by atoms with Crippen molar-refractivity contribution in [2.45, 2.75) is 6.92 Å². The number of amides is 2. The fraction of sp³-hybridized carbons (Fsp3) is 0.579. The highest BCUT2D eigenvalue weighted by Gasteiger charge is 2.24. The summed E-state index contributed by atoms with van der Waals surface area (Å²) in [6.07, 6.45) is 0. The number of nitrogens with one attached hydrogen (secondary N) is 1. The number of piperazine rings is 1. The summed E-state index contributed by atoms with van der Waals surface area (Å²) >= 11 is 2.26. The molecule has 2 aliphatic rings. The molecule has 0 aliphatic carbocycles. The van der Waals surface area contributed by atoms with Crippen molar-refractivity contribution < 1.29 is 14.3 Å². The van der Waals surface area contributed by atoms with Gasteiger partial charge < -0.3 is 15.0 Å². The summed E-state index contributed by atoms with van der Waals surface area (Å²) in [6, 6.07) is 5.98. The number of halogens is 1. The van der Waals surface area contributed by atoms with E-state index in [2.05, 4.69) is 43.8 Å². The van der Waals surface area contributed by atoms with Gasteiger partial charge in [-0.3, -0.25) is 19.4 Å². The maximum absolute atomic E-state index is 12.4. The topological polar surface area (TPSA) is 65.1 Å². The molecule has 0 saturated carbocycles. The zero-order valence-corrected chi connectivity index (χ0v) is 17.9. The first kappa shape index (κ1) is 20.5. The van der Waals surface area contributed by atoms with E-state index in [1.165, 1.54) is 0 Å². The van der Waals surface area contributed by atoms with Gasteiger partial charge in [0, 0.05) is 48.5 Å². The molecule has 8 heteroatoms. The largest absolute Gasteiger partial charge is 0.379 e. The number of hydrogen-bond acceptors (Lipinski definition) is 5. The van der Waals surface area contributed by atoms with E-state index in [1.807, 2.05) is 24.0 Å². The van der Waals surface area contributed by atoms with Crippen LogP contribution < -0.4 is 5.32 Å². The number of nitrogens with zero attached hydrogens (tertiary/aromatic N) is 3. The normalized spacial score (nSPS) is 19.1. The first-order chi connectivity index (χ1) is 13.0. The predicted molar refractivity (Wildman–Crippen MR) is 113 cm³/mol. The van der Waals surface area contributed by atoms with Gasteiger partial charge in [-0.15, -0.1) is 0 Å². The molecule has 0 spiro atoms. The zero-order chi connectivity index (χ0) is 19.2. The standard InChI is InChI=1S/C19H27IN4O3/c1-15-12-16(20)2-3-17(15)21-18(25)13-22-4-6-24(7-5-22)19(26)14-23-8-10-27-11-9-23/h2-3,12H,4-11,13-14H2,1H3,(H,21,25). The number of hydrogen-bond donors (Lipinski definition) is 1. The van der Waals surface area contributed by atoms with Crippen LogP contribution in [0, 0.1) is 10.5 Å². The van der Waals surface area contributed by atoms with Crippen LogP contribution in [0.1, 0.15) is 5.56 Å². The molecule has 2 saturated heterocycles. The number of carbonyl (C=O) groups excluding carboxylic acids is 2. The first-order valence-electron chi connectivity index (χ1n) is 9.37. The molecule has 1 N–H and O–H groups in total. The van der Waals surface area contributed by atoms with E-state index in [0.717, 1.165) is 41.0 Å². The lowest BCUT2D eigenvalue weighted by atomic mass is 10.2. The lowest BCUT2D eigenvalue weighted by Gasteiger charge is -2.36. The van der Waals surface area contributed by atoms with Crippen LogP contribution in [0.25, 0.3) is 0 Å². The maximum Gasteiger partial charge on any atom is 0.238 e. The van der Waals surface area contributed by atoms with Crippen LogP contribution in [0.2, 0.25) is 0 Å². The van der Waals surface area contributed by atoms with Gasteiger partial charge in [-0.2, -0.15) is 0 Å². The zero-order valence-electron chi connectivity index (χ0n) is 15.7. The van der Waals surface area contributed by atoms with Crippen LogP contribution in [-0.2, 0) is 14.3 Å². The van der Waals surface area contributed by atoms with E-state index in [-0.39, 0.29) is 11.8 Å². The molecule has 0 radical (unpaired) electrons. The Morgan fingerprint density at radius 1 is 1.04 bits per heavy atom. The minimum atomic E-state index is -0.00704. The number of rotatable bonds is 5. The fourth-order valence-electron chi connectivity index (χ4n) is 3.37. The Morgan fingerprint density at radius 3 is 2.37 bits per heavy atom. The summed E-state index contributed by atoms with van der Waals surface area (Å²) in [5.41, 5.74) is 1.92. The minimum Gasteiger partial charge on any atom is -0.379 e. The van der Waals surface area contributed by atoms with Crippen molar-refractivity contribution in [1.29, 1.82) is 0 Å². The maximum atomic E-state index is 12.4. The molecule has 2 amide bonds. The average molecular weight is 486 g/mol. The molecule has 0 aromatic heterocycles. The lowest BCUT2D eigenvalue weighted by molar-refractivity contribution is -0.135. The molecule has 0 unspecified atom stereocenters. The summed E-state index contributed by atoms with van der Waals surface area (Å²) in [4.78, 5) is 31.0. The van der Waals surface area contributed by atoms with Gasteiger partial charge in [-0.05, 0) is 53.3 Å². The van der Waals surface area contributed by atoms with Crippen LogP contribution in [0.15, 0.2) is 18.2 Å². The third-order valence-electron chi connectivity index (χ3n) is 5.02. The van der Waals surface area contributed by atoms with E-state index in [4.69, 9.17) is 4.74 Å². The smallest absolute Gasteiger partial charge is 0.238 e. The van der Waals surface area contributed by atoms with Crippen LogP contribution in [0.4, 0.5) is 5.69 Å². The summed E-state index contributed by atoms with van der Waals surface area (Å²) in [7, 11) is 0. The van der Waals surface area contributed by atoms with E-state index < -0.39 is 0 Å². The van der Waals surface area contributed by atoms with Crippen molar-refractivity contribution >= 4 is 40.1 Å². The summed E-state index contributed by atoms with van der Waals surface area (Å²) < 4.78 is 6.48. The Bertz CT molecular complexity index is 671. The van der Waals surface area contributed by atoms with Gasteiger partial charge in [-0.1, -0.05) is 0 Å². The summed E-state index contributed by atoms with van der Waals surface area (Å²) in [5.74, 6) is 0.169. The van der Waals surface area contributed by atoms with Crippen molar-refractivity contribution in [3.05, 3.63) is 27.3 Å². The molecule has 27 heavy (non-hydrogen) atoms. The van der Waals surface area contributed by atoms with Crippen LogP contribution >= 0.6 is 22.6 Å². The van der Waals surface area contributed by atoms with E-state index >= 15 is 0 Å². The molecule has 148 valence electrons. The Kier molecular flexibility index (Phi) is 7.45. The Morgan fingerprint density at radius 2 is 1.70 bits per heavy atom. The molecule has 3 rings (SSSR count). The lowest BCUT2D eigenvalue weighted by Crippen LogP contribution is -2.53. The predicted octanol–water partition coefficient (Wildman–Crippen LogP) is 1.01. The Hall–Kier alpha value is -1.23. The van der Waals surface area contributed by atoms with E-state index in [0.29, 0.717) is 39.4 Å². The van der Waals surface area contributed by atoms with Gasteiger partial charge >= 0.3 is 0 Å². The van der Waals surface area contributed by atoms with Gasteiger partial charge in [0.1, 0.15) is 0 Å². The van der Waals surface area contributed by atoms with Gasteiger partial charge in [-0.25, -0.2) is 0 Å². The highest BCUT2D eigenvalue weighted by atomic mass is 127. The molecule has 7 nitrogen and oxygen atoms in total.